The molecule has 7 heteroatoms. The Morgan fingerprint density at radius 3 is 2.33 bits per heavy atom. The summed E-state index contributed by atoms with van der Waals surface area (Å²) in [7, 11) is 1.53. The van der Waals surface area contributed by atoms with Crippen molar-refractivity contribution >= 4 is 28.3 Å². The van der Waals surface area contributed by atoms with Crippen molar-refractivity contribution in [2.45, 2.75) is 6.92 Å². The van der Waals surface area contributed by atoms with Gasteiger partial charge in [0.15, 0.2) is 12.4 Å². The van der Waals surface area contributed by atoms with E-state index in [0.29, 0.717) is 40.3 Å². The Morgan fingerprint density at radius 2 is 1.61 bits per heavy atom. The summed E-state index contributed by atoms with van der Waals surface area (Å²) < 4.78 is 22.0. The van der Waals surface area contributed by atoms with Crippen molar-refractivity contribution in [1.29, 1.82) is 0 Å². The third kappa shape index (κ3) is 4.98. The molecule has 0 saturated carbocycles. The number of amides is 1. The number of anilines is 1. The highest BCUT2D eigenvalue weighted by atomic mass is 16.5. The largest absolute Gasteiger partial charge is 0.497 e. The number of nitrogens with one attached hydrogen (secondary N) is 1. The van der Waals surface area contributed by atoms with E-state index in [-0.39, 0.29) is 18.2 Å². The van der Waals surface area contributed by atoms with Crippen molar-refractivity contribution in [1.82, 2.24) is 0 Å². The van der Waals surface area contributed by atoms with Crippen molar-refractivity contribution in [3.05, 3.63) is 84.1 Å². The Bertz CT molecular complexity index is 1280. The SMILES string of the molecule is CCOc1ccc(OCC(=O)Nc2c(C(=O)c3cccc(OC)c3)oc3ccccc23)cc1. The fourth-order valence-electron chi connectivity index (χ4n) is 3.35. The lowest BCUT2D eigenvalue weighted by atomic mass is 10.1. The third-order valence-corrected chi connectivity index (χ3v) is 4.90. The van der Waals surface area contributed by atoms with Crippen LogP contribution >= 0.6 is 0 Å². The maximum absolute atomic E-state index is 13.2. The lowest BCUT2D eigenvalue weighted by molar-refractivity contribution is -0.118. The van der Waals surface area contributed by atoms with Gasteiger partial charge in [-0.15, -0.1) is 0 Å². The van der Waals surface area contributed by atoms with Crippen molar-refractivity contribution in [3.8, 4) is 17.2 Å². The number of furan rings is 1. The van der Waals surface area contributed by atoms with E-state index in [1.165, 1.54) is 7.11 Å². The number of ether oxygens (including phenoxy) is 3. The predicted molar refractivity (Wildman–Crippen MR) is 124 cm³/mol. The maximum atomic E-state index is 13.2. The molecule has 1 aromatic heterocycles. The number of hydrogen-bond acceptors (Lipinski definition) is 6. The Hall–Kier alpha value is -4.26. The van der Waals surface area contributed by atoms with Crippen molar-refractivity contribution < 1.29 is 28.2 Å². The van der Waals surface area contributed by atoms with E-state index in [0.717, 1.165) is 5.75 Å². The molecule has 0 radical (unpaired) electrons. The molecule has 0 fully saturated rings. The van der Waals surface area contributed by atoms with Crippen LogP contribution in [0, 0.1) is 0 Å². The number of fused-ring (bicyclic) bond motifs is 1. The Labute approximate surface area is 190 Å². The molecule has 0 saturated heterocycles. The first kappa shape index (κ1) is 22.0. The molecule has 0 aliphatic heterocycles. The molecule has 3 aromatic carbocycles. The van der Waals surface area contributed by atoms with Crippen LogP contribution in [0.3, 0.4) is 0 Å². The van der Waals surface area contributed by atoms with Gasteiger partial charge >= 0.3 is 0 Å². The molecule has 7 nitrogen and oxygen atoms in total. The number of benzene rings is 3. The van der Waals surface area contributed by atoms with Gasteiger partial charge in [0.1, 0.15) is 22.8 Å². The average molecular weight is 445 g/mol. The lowest BCUT2D eigenvalue weighted by Crippen LogP contribution is -2.21. The van der Waals surface area contributed by atoms with Gasteiger partial charge in [-0.2, -0.15) is 0 Å². The zero-order chi connectivity index (χ0) is 23.2. The zero-order valence-corrected chi connectivity index (χ0v) is 18.3. The van der Waals surface area contributed by atoms with Crippen LogP contribution < -0.4 is 19.5 Å². The van der Waals surface area contributed by atoms with E-state index in [9.17, 15) is 9.59 Å². The highest BCUT2D eigenvalue weighted by Crippen LogP contribution is 2.33. The fourth-order valence-corrected chi connectivity index (χ4v) is 3.35. The van der Waals surface area contributed by atoms with Gasteiger partial charge in [0.2, 0.25) is 5.78 Å². The van der Waals surface area contributed by atoms with E-state index in [4.69, 9.17) is 18.6 Å². The van der Waals surface area contributed by atoms with Crippen LogP contribution in [0.5, 0.6) is 17.2 Å². The summed E-state index contributed by atoms with van der Waals surface area (Å²) >= 11 is 0. The Morgan fingerprint density at radius 1 is 0.879 bits per heavy atom. The van der Waals surface area contributed by atoms with Crippen LogP contribution in [0.25, 0.3) is 11.0 Å². The summed E-state index contributed by atoms with van der Waals surface area (Å²) in [4.78, 5) is 25.9. The van der Waals surface area contributed by atoms with E-state index >= 15 is 0 Å². The smallest absolute Gasteiger partial charge is 0.262 e. The summed E-state index contributed by atoms with van der Waals surface area (Å²) in [6, 6.07) is 20.9. The summed E-state index contributed by atoms with van der Waals surface area (Å²) in [6.45, 7) is 2.24. The number of carbonyl (C=O) groups excluding carboxylic acids is 2. The number of hydrogen-bond donors (Lipinski definition) is 1. The summed E-state index contributed by atoms with van der Waals surface area (Å²) in [5.41, 5.74) is 1.18. The van der Waals surface area contributed by atoms with E-state index in [2.05, 4.69) is 5.32 Å². The fraction of sp³-hybridized carbons (Fsp3) is 0.154. The highest BCUT2D eigenvalue weighted by molar-refractivity contribution is 6.17. The van der Waals surface area contributed by atoms with E-state index in [1.807, 2.05) is 13.0 Å². The topological polar surface area (TPSA) is 87.0 Å². The summed E-state index contributed by atoms with van der Waals surface area (Å²) in [6.07, 6.45) is 0. The number of carbonyl (C=O) groups is 2. The van der Waals surface area contributed by atoms with Gasteiger partial charge < -0.3 is 23.9 Å². The van der Waals surface area contributed by atoms with Crippen molar-refractivity contribution in [3.63, 3.8) is 0 Å². The summed E-state index contributed by atoms with van der Waals surface area (Å²) in [5, 5.41) is 3.40. The van der Waals surface area contributed by atoms with Gasteiger partial charge in [-0.05, 0) is 55.5 Å². The molecule has 0 atom stereocenters. The van der Waals surface area contributed by atoms with E-state index in [1.54, 1.807) is 66.7 Å². The maximum Gasteiger partial charge on any atom is 0.262 e. The number of rotatable bonds is 9. The lowest BCUT2D eigenvalue weighted by Gasteiger charge is -2.09. The molecule has 4 rings (SSSR count). The molecule has 0 spiro atoms. The molecule has 168 valence electrons. The Balaban J connectivity index is 1.55. The number of methoxy groups -OCH3 is 1. The second-order valence-electron chi connectivity index (χ2n) is 7.10. The minimum absolute atomic E-state index is 0.0406. The molecule has 1 heterocycles. The first-order chi connectivity index (χ1) is 16.1. The molecule has 0 bridgehead atoms. The molecule has 0 aliphatic rings. The van der Waals surface area contributed by atoms with Gasteiger partial charge in [0.05, 0.1) is 19.4 Å². The standard InChI is InChI=1S/C26H23NO6/c1-3-31-18-11-13-19(14-12-18)32-16-23(28)27-24-21-9-4-5-10-22(21)33-26(24)25(29)17-7-6-8-20(15-17)30-2/h4-15H,3,16H2,1-2H3,(H,27,28). The van der Waals surface area contributed by atoms with Crippen LogP contribution in [0.15, 0.2) is 77.2 Å². The predicted octanol–water partition coefficient (Wildman–Crippen LogP) is 5.09. The van der Waals surface area contributed by atoms with E-state index < -0.39 is 5.91 Å². The van der Waals surface area contributed by atoms with Gasteiger partial charge in [-0.1, -0.05) is 24.3 Å². The van der Waals surface area contributed by atoms with Crippen LogP contribution in [0.2, 0.25) is 0 Å². The van der Waals surface area contributed by atoms with Crippen molar-refractivity contribution in [2.75, 3.05) is 25.6 Å². The zero-order valence-electron chi connectivity index (χ0n) is 18.3. The summed E-state index contributed by atoms with van der Waals surface area (Å²) in [5.74, 6) is 1.05. The van der Waals surface area contributed by atoms with Crippen LogP contribution in [0.1, 0.15) is 23.0 Å². The quantitative estimate of drug-likeness (QED) is 0.361. The Kier molecular flexibility index (Phi) is 6.59. The number of ketones is 1. The van der Waals surface area contributed by atoms with Crippen LogP contribution in [-0.4, -0.2) is 32.0 Å². The second kappa shape index (κ2) is 9.91. The molecule has 0 unspecified atom stereocenters. The van der Waals surface area contributed by atoms with Gasteiger partial charge in [0, 0.05) is 10.9 Å². The highest BCUT2D eigenvalue weighted by Gasteiger charge is 2.23. The molecular weight excluding hydrogens is 422 g/mol. The normalized spacial score (nSPS) is 10.6. The molecular formula is C26H23NO6. The van der Waals surface area contributed by atoms with Gasteiger partial charge in [0.25, 0.3) is 5.91 Å². The van der Waals surface area contributed by atoms with Crippen LogP contribution in [0.4, 0.5) is 5.69 Å². The monoisotopic (exact) mass is 445 g/mol. The van der Waals surface area contributed by atoms with Crippen LogP contribution in [-0.2, 0) is 4.79 Å². The third-order valence-electron chi connectivity index (χ3n) is 4.90. The first-order valence-corrected chi connectivity index (χ1v) is 10.4. The molecule has 0 aliphatic carbocycles. The first-order valence-electron chi connectivity index (χ1n) is 10.4. The average Bonchev–Trinajstić information content (AvgIpc) is 3.21. The minimum Gasteiger partial charge on any atom is -0.497 e. The molecule has 1 N–H and O–H groups in total. The number of para-hydroxylation sites is 1. The van der Waals surface area contributed by atoms with Gasteiger partial charge in [-0.3, -0.25) is 9.59 Å². The molecule has 4 aromatic rings. The van der Waals surface area contributed by atoms with Gasteiger partial charge in [-0.25, -0.2) is 0 Å². The van der Waals surface area contributed by atoms with Crippen molar-refractivity contribution in [2.24, 2.45) is 0 Å². The second-order valence-corrected chi connectivity index (χ2v) is 7.10. The molecule has 1 amide bonds. The molecule has 33 heavy (non-hydrogen) atoms. The minimum atomic E-state index is -0.421.